The van der Waals surface area contributed by atoms with Crippen molar-refractivity contribution in [3.8, 4) is 5.75 Å². The van der Waals surface area contributed by atoms with Crippen molar-refractivity contribution in [1.29, 1.82) is 0 Å². The van der Waals surface area contributed by atoms with Crippen molar-refractivity contribution in [1.82, 2.24) is 5.32 Å². The molecule has 1 heterocycles. The van der Waals surface area contributed by atoms with Gasteiger partial charge in [-0.15, -0.1) is 0 Å². The normalized spacial score (nSPS) is 15.1. The van der Waals surface area contributed by atoms with E-state index in [0.717, 1.165) is 36.3 Å². The fourth-order valence-electron chi connectivity index (χ4n) is 2.24. The second kappa shape index (κ2) is 7.24. The molecule has 1 aromatic rings. The van der Waals surface area contributed by atoms with E-state index in [9.17, 15) is 0 Å². The summed E-state index contributed by atoms with van der Waals surface area (Å²) < 4.78 is 17.2. The van der Waals surface area contributed by atoms with Crippen molar-refractivity contribution >= 4 is 15.9 Å². The number of ether oxygens (including phenoxy) is 3. The molecule has 0 radical (unpaired) electrons. The van der Waals surface area contributed by atoms with Crippen LogP contribution < -0.4 is 10.1 Å². The second-order valence-electron chi connectivity index (χ2n) is 4.60. The Labute approximate surface area is 122 Å². The van der Waals surface area contributed by atoms with E-state index in [1.807, 2.05) is 0 Å². The molecule has 0 aromatic heterocycles. The second-order valence-corrected chi connectivity index (χ2v) is 5.51. The molecule has 1 aliphatic heterocycles. The van der Waals surface area contributed by atoms with E-state index in [0.29, 0.717) is 6.61 Å². The zero-order chi connectivity index (χ0) is 13.7. The molecule has 0 saturated heterocycles. The summed E-state index contributed by atoms with van der Waals surface area (Å²) in [6, 6.07) is 4.24. The van der Waals surface area contributed by atoms with Crippen LogP contribution in [0.3, 0.4) is 0 Å². The highest BCUT2D eigenvalue weighted by atomic mass is 79.9. The van der Waals surface area contributed by atoms with Crippen LogP contribution in [0.4, 0.5) is 0 Å². The van der Waals surface area contributed by atoms with Crippen LogP contribution in [0.1, 0.15) is 11.1 Å². The summed E-state index contributed by atoms with van der Waals surface area (Å²) in [5.41, 5.74) is 2.47. The van der Waals surface area contributed by atoms with Crippen LogP contribution in [0, 0.1) is 0 Å². The minimum Gasteiger partial charge on any atom is -0.493 e. The van der Waals surface area contributed by atoms with E-state index in [1.54, 1.807) is 14.2 Å². The topological polar surface area (TPSA) is 39.7 Å². The van der Waals surface area contributed by atoms with Crippen molar-refractivity contribution < 1.29 is 14.2 Å². The first-order chi connectivity index (χ1) is 9.24. The molecular formula is C14H20BrNO3. The van der Waals surface area contributed by atoms with E-state index >= 15 is 0 Å². The van der Waals surface area contributed by atoms with Gasteiger partial charge in [0, 0.05) is 43.8 Å². The number of nitrogens with one attached hydrogen (secondary N) is 1. The lowest BCUT2D eigenvalue weighted by Crippen LogP contribution is -2.31. The van der Waals surface area contributed by atoms with Crippen LogP contribution >= 0.6 is 15.9 Å². The van der Waals surface area contributed by atoms with Gasteiger partial charge in [0.15, 0.2) is 0 Å². The monoisotopic (exact) mass is 329 g/mol. The molecule has 1 aliphatic rings. The molecule has 106 valence electrons. The SMILES string of the molecule is COCC(CNCc1cc(Br)cc2c1OCC2)OC. The molecule has 0 saturated carbocycles. The summed E-state index contributed by atoms with van der Waals surface area (Å²) >= 11 is 3.55. The van der Waals surface area contributed by atoms with Gasteiger partial charge in [-0.3, -0.25) is 0 Å². The van der Waals surface area contributed by atoms with Gasteiger partial charge in [-0.05, 0) is 17.7 Å². The van der Waals surface area contributed by atoms with E-state index in [1.165, 1.54) is 11.1 Å². The van der Waals surface area contributed by atoms with E-state index in [2.05, 4.69) is 33.4 Å². The van der Waals surface area contributed by atoms with Gasteiger partial charge >= 0.3 is 0 Å². The van der Waals surface area contributed by atoms with E-state index < -0.39 is 0 Å². The lowest BCUT2D eigenvalue weighted by Gasteiger charge is -2.16. The summed E-state index contributed by atoms with van der Waals surface area (Å²) in [7, 11) is 3.38. The Bertz CT molecular complexity index is 425. The smallest absolute Gasteiger partial charge is 0.127 e. The standard InChI is InChI=1S/C14H20BrNO3/c1-17-9-13(18-2)8-16-7-11-6-12(15)5-10-3-4-19-14(10)11/h5-6,13,16H,3-4,7-9H2,1-2H3. The van der Waals surface area contributed by atoms with Crippen molar-refractivity contribution in [2.45, 2.75) is 19.1 Å². The molecule has 0 bridgehead atoms. The number of methoxy groups -OCH3 is 2. The van der Waals surface area contributed by atoms with Gasteiger partial charge < -0.3 is 19.5 Å². The molecule has 4 nitrogen and oxygen atoms in total. The molecule has 19 heavy (non-hydrogen) atoms. The molecule has 0 spiro atoms. The molecule has 2 rings (SSSR count). The van der Waals surface area contributed by atoms with Gasteiger partial charge in [0.05, 0.1) is 19.3 Å². The molecule has 5 heteroatoms. The van der Waals surface area contributed by atoms with Gasteiger partial charge in [0.1, 0.15) is 5.75 Å². The van der Waals surface area contributed by atoms with Gasteiger partial charge in [-0.25, -0.2) is 0 Å². The summed E-state index contributed by atoms with van der Waals surface area (Å²) in [6.07, 6.45) is 1.07. The third-order valence-electron chi connectivity index (χ3n) is 3.20. The zero-order valence-corrected chi connectivity index (χ0v) is 13.0. The molecule has 0 amide bonds. The third kappa shape index (κ3) is 3.92. The first-order valence-electron chi connectivity index (χ1n) is 6.41. The molecule has 0 fully saturated rings. The van der Waals surface area contributed by atoms with Gasteiger partial charge in [-0.2, -0.15) is 0 Å². The fraction of sp³-hybridized carbons (Fsp3) is 0.571. The van der Waals surface area contributed by atoms with Crippen LogP contribution in [0.15, 0.2) is 16.6 Å². The number of halogens is 1. The predicted octanol–water partition coefficient (Wildman–Crippen LogP) is 2.13. The first-order valence-corrected chi connectivity index (χ1v) is 7.20. The van der Waals surface area contributed by atoms with Crippen LogP contribution in [0.5, 0.6) is 5.75 Å². The minimum absolute atomic E-state index is 0.0751. The largest absolute Gasteiger partial charge is 0.493 e. The molecule has 1 unspecified atom stereocenters. The Balaban J connectivity index is 1.93. The average Bonchev–Trinajstić information content (AvgIpc) is 2.85. The molecule has 1 atom stereocenters. The number of rotatable bonds is 7. The van der Waals surface area contributed by atoms with Crippen molar-refractivity contribution in [2.24, 2.45) is 0 Å². The van der Waals surface area contributed by atoms with Gasteiger partial charge in [0.2, 0.25) is 0 Å². The Kier molecular flexibility index (Phi) is 5.63. The Morgan fingerprint density at radius 3 is 3.00 bits per heavy atom. The van der Waals surface area contributed by atoms with Crippen LogP contribution in [0.2, 0.25) is 0 Å². The fourth-order valence-corrected chi connectivity index (χ4v) is 2.79. The first kappa shape index (κ1) is 14.8. The predicted molar refractivity (Wildman–Crippen MR) is 77.7 cm³/mol. The maximum absolute atomic E-state index is 5.70. The highest BCUT2D eigenvalue weighted by Gasteiger charge is 2.17. The van der Waals surface area contributed by atoms with E-state index in [-0.39, 0.29) is 6.10 Å². The van der Waals surface area contributed by atoms with Crippen molar-refractivity contribution in [3.63, 3.8) is 0 Å². The number of hydrogen-bond donors (Lipinski definition) is 1. The minimum atomic E-state index is 0.0751. The van der Waals surface area contributed by atoms with Crippen LogP contribution in [-0.4, -0.2) is 40.1 Å². The quantitative estimate of drug-likeness (QED) is 0.831. The zero-order valence-electron chi connectivity index (χ0n) is 11.4. The summed E-state index contributed by atoms with van der Waals surface area (Å²) in [4.78, 5) is 0. The van der Waals surface area contributed by atoms with Gasteiger partial charge in [-0.1, -0.05) is 15.9 Å². The van der Waals surface area contributed by atoms with Crippen molar-refractivity contribution in [2.75, 3.05) is 34.0 Å². The highest BCUT2D eigenvalue weighted by molar-refractivity contribution is 9.10. The lowest BCUT2D eigenvalue weighted by atomic mass is 10.1. The molecule has 0 aliphatic carbocycles. The number of benzene rings is 1. The average molecular weight is 330 g/mol. The summed E-state index contributed by atoms with van der Waals surface area (Å²) in [5.74, 6) is 1.04. The van der Waals surface area contributed by atoms with E-state index in [4.69, 9.17) is 14.2 Å². The maximum Gasteiger partial charge on any atom is 0.127 e. The van der Waals surface area contributed by atoms with Crippen LogP contribution in [0.25, 0.3) is 0 Å². The summed E-state index contributed by atoms with van der Waals surface area (Å²) in [6.45, 7) is 2.90. The highest BCUT2D eigenvalue weighted by Crippen LogP contribution is 2.32. The Morgan fingerprint density at radius 2 is 2.26 bits per heavy atom. The number of hydrogen-bond acceptors (Lipinski definition) is 4. The van der Waals surface area contributed by atoms with Crippen LogP contribution in [-0.2, 0) is 22.4 Å². The van der Waals surface area contributed by atoms with Gasteiger partial charge in [0.25, 0.3) is 0 Å². The molecular weight excluding hydrogens is 310 g/mol. The molecule has 1 aromatic carbocycles. The van der Waals surface area contributed by atoms with Crippen molar-refractivity contribution in [3.05, 3.63) is 27.7 Å². The maximum atomic E-state index is 5.70. The Morgan fingerprint density at radius 1 is 1.42 bits per heavy atom. The lowest BCUT2D eigenvalue weighted by molar-refractivity contribution is 0.0287. The molecule has 1 N–H and O–H groups in total. The number of fused-ring (bicyclic) bond motifs is 1. The third-order valence-corrected chi connectivity index (χ3v) is 3.66. The summed E-state index contributed by atoms with van der Waals surface area (Å²) in [5, 5.41) is 3.39. The Hall–Kier alpha value is -0.620.